The Kier molecular flexibility index (Phi) is 5.46. The van der Waals surface area contributed by atoms with Gasteiger partial charge in [0.2, 0.25) is 15.4 Å². The van der Waals surface area contributed by atoms with Crippen LogP contribution in [0.4, 0.5) is 24.5 Å². The van der Waals surface area contributed by atoms with E-state index in [1.165, 1.54) is 24.3 Å². The predicted molar refractivity (Wildman–Crippen MR) is 93.1 cm³/mol. The quantitative estimate of drug-likeness (QED) is 0.656. The fourth-order valence-electron chi connectivity index (χ4n) is 1.95. The summed E-state index contributed by atoms with van der Waals surface area (Å²) in [5.74, 6) is -1.76. The molecule has 0 radical (unpaired) electrons. The van der Waals surface area contributed by atoms with Gasteiger partial charge in [-0.1, -0.05) is 17.7 Å². The lowest BCUT2D eigenvalue weighted by molar-refractivity contribution is -0.242. The summed E-state index contributed by atoms with van der Waals surface area (Å²) in [7, 11) is -3.99. The summed E-state index contributed by atoms with van der Waals surface area (Å²) in [5.41, 5.74) is 1.84. The van der Waals surface area contributed by atoms with Gasteiger partial charge >= 0.3 is 6.18 Å². The Bertz CT molecular complexity index is 991. The van der Waals surface area contributed by atoms with Crippen LogP contribution in [0.2, 0.25) is 5.02 Å². The third-order valence-corrected chi connectivity index (χ3v) is 5.72. The molecule has 0 aliphatic carbocycles. The monoisotopic (exact) mass is 422 g/mol. The van der Waals surface area contributed by atoms with Crippen molar-refractivity contribution in [1.82, 2.24) is 0 Å². The summed E-state index contributed by atoms with van der Waals surface area (Å²) in [4.78, 5) is 11.3. The molecule has 11 heteroatoms. The second-order valence-corrected chi connectivity index (χ2v) is 8.10. The number of nitrogen functional groups attached to an aromatic ring is 1. The first kappa shape index (κ1) is 21.0. The van der Waals surface area contributed by atoms with Gasteiger partial charge in [-0.3, -0.25) is 4.79 Å². The van der Waals surface area contributed by atoms with Gasteiger partial charge in [0.05, 0.1) is 20.5 Å². The topological polar surface area (TPSA) is 109 Å². The number of anilines is 2. The van der Waals surface area contributed by atoms with E-state index in [1.807, 2.05) is 5.32 Å². The zero-order chi connectivity index (χ0) is 20.6. The molecule has 0 aliphatic rings. The van der Waals surface area contributed by atoms with E-state index in [2.05, 4.69) is 0 Å². The van der Waals surface area contributed by atoms with E-state index < -0.39 is 27.5 Å². The Morgan fingerprint density at radius 2 is 1.74 bits per heavy atom. The average molecular weight is 423 g/mol. The Hall–Kier alpha value is -2.30. The lowest BCUT2D eigenvalue weighted by atomic mass is 10.1. The number of alkyl halides is 3. The maximum absolute atomic E-state index is 12.7. The van der Waals surface area contributed by atoms with Crippen LogP contribution >= 0.6 is 11.6 Å². The minimum atomic E-state index is -5.21. The van der Waals surface area contributed by atoms with Gasteiger partial charge in [-0.05, 0) is 43.3 Å². The molecule has 0 unspecified atom stereocenters. The molecule has 27 heavy (non-hydrogen) atoms. The third kappa shape index (κ3) is 4.18. The molecule has 1 atom stereocenters. The Morgan fingerprint density at radius 1 is 1.15 bits per heavy atom. The molecule has 1 amide bonds. The summed E-state index contributed by atoms with van der Waals surface area (Å²) in [6.45, 7) is 0.287. The van der Waals surface area contributed by atoms with Crippen molar-refractivity contribution < 1.29 is 31.5 Å². The number of nitrogens with two attached hydrogens (primary N) is 1. The van der Waals surface area contributed by atoms with Crippen molar-refractivity contribution in [3.63, 3.8) is 0 Å². The van der Waals surface area contributed by atoms with E-state index in [-0.39, 0.29) is 33.1 Å². The van der Waals surface area contributed by atoms with Gasteiger partial charge in [0.15, 0.2) is 0 Å². The summed E-state index contributed by atoms with van der Waals surface area (Å²) in [6, 6.07) is 8.54. The standard InChI is InChI=1S/C16H14ClF3N2O4S/c1-15(24,16(18,19)20)14(23)22-13-6-5-11(8-12(13)17)27(25,26)10-4-2-3-9(21)7-10/h2-8,24H,21H2,1H3,(H,22,23)/t15-/m1/s1. The van der Waals surface area contributed by atoms with E-state index in [1.54, 1.807) is 0 Å². The molecule has 4 N–H and O–H groups in total. The molecule has 0 saturated heterocycles. The summed E-state index contributed by atoms with van der Waals surface area (Å²) in [6.07, 6.45) is -5.21. The molecular formula is C16H14ClF3N2O4S. The maximum Gasteiger partial charge on any atom is 0.426 e. The van der Waals surface area contributed by atoms with Crippen LogP contribution in [0.25, 0.3) is 0 Å². The minimum absolute atomic E-state index is 0.102. The summed E-state index contributed by atoms with van der Waals surface area (Å²) >= 11 is 5.90. The van der Waals surface area contributed by atoms with Gasteiger partial charge in [-0.15, -0.1) is 0 Å². The molecule has 146 valence electrons. The highest BCUT2D eigenvalue weighted by Crippen LogP contribution is 2.33. The molecule has 0 aliphatic heterocycles. The highest BCUT2D eigenvalue weighted by atomic mass is 35.5. The zero-order valence-electron chi connectivity index (χ0n) is 13.7. The largest absolute Gasteiger partial charge is 0.426 e. The highest BCUT2D eigenvalue weighted by Gasteiger charge is 2.55. The lowest BCUT2D eigenvalue weighted by Crippen LogP contribution is -2.52. The summed E-state index contributed by atoms with van der Waals surface area (Å²) in [5, 5.41) is 10.8. The zero-order valence-corrected chi connectivity index (χ0v) is 15.3. The van der Waals surface area contributed by atoms with Crippen LogP contribution in [0.15, 0.2) is 52.3 Å². The lowest BCUT2D eigenvalue weighted by Gasteiger charge is -2.25. The molecule has 0 saturated carbocycles. The molecule has 0 heterocycles. The second-order valence-electron chi connectivity index (χ2n) is 5.74. The number of sulfone groups is 1. The number of carbonyl (C=O) groups is 1. The minimum Gasteiger partial charge on any atom is -0.399 e. The molecule has 2 aromatic carbocycles. The predicted octanol–water partition coefficient (Wildman–Crippen LogP) is 3.01. The number of halogens is 4. The molecule has 0 fully saturated rings. The fourth-order valence-corrected chi connectivity index (χ4v) is 3.59. The molecule has 0 bridgehead atoms. The van der Waals surface area contributed by atoms with Crippen LogP contribution in [-0.4, -0.2) is 31.2 Å². The van der Waals surface area contributed by atoms with Gasteiger partial charge < -0.3 is 16.2 Å². The van der Waals surface area contributed by atoms with Gasteiger partial charge in [-0.2, -0.15) is 13.2 Å². The number of benzene rings is 2. The number of hydrogen-bond donors (Lipinski definition) is 3. The smallest absolute Gasteiger partial charge is 0.399 e. The van der Waals surface area contributed by atoms with Crippen molar-refractivity contribution in [3.05, 3.63) is 47.5 Å². The van der Waals surface area contributed by atoms with E-state index in [0.29, 0.717) is 0 Å². The first-order chi connectivity index (χ1) is 12.3. The molecule has 2 aromatic rings. The van der Waals surface area contributed by atoms with Gasteiger partial charge in [0.25, 0.3) is 5.91 Å². The number of amides is 1. The van der Waals surface area contributed by atoms with Crippen LogP contribution in [-0.2, 0) is 14.6 Å². The van der Waals surface area contributed by atoms with Gasteiger partial charge in [0.1, 0.15) is 0 Å². The fraction of sp³-hybridized carbons (Fsp3) is 0.188. The maximum atomic E-state index is 12.7. The van der Waals surface area contributed by atoms with Crippen molar-refractivity contribution in [2.45, 2.75) is 28.5 Å². The number of aliphatic hydroxyl groups is 1. The van der Waals surface area contributed by atoms with Crippen molar-refractivity contribution in [2.75, 3.05) is 11.1 Å². The van der Waals surface area contributed by atoms with E-state index in [4.69, 9.17) is 17.3 Å². The van der Waals surface area contributed by atoms with Gasteiger partial charge in [-0.25, -0.2) is 8.42 Å². The van der Waals surface area contributed by atoms with Crippen molar-refractivity contribution in [3.8, 4) is 0 Å². The van der Waals surface area contributed by atoms with Crippen molar-refractivity contribution in [1.29, 1.82) is 0 Å². The van der Waals surface area contributed by atoms with Crippen molar-refractivity contribution >= 4 is 38.7 Å². The molecule has 6 nitrogen and oxygen atoms in total. The Labute approximate surface area is 157 Å². The van der Waals surface area contributed by atoms with Crippen LogP contribution in [0, 0.1) is 0 Å². The number of hydrogen-bond acceptors (Lipinski definition) is 5. The first-order valence-electron chi connectivity index (χ1n) is 7.27. The Balaban J connectivity index is 2.35. The second kappa shape index (κ2) is 7.02. The number of rotatable bonds is 4. The highest BCUT2D eigenvalue weighted by molar-refractivity contribution is 7.91. The molecule has 0 spiro atoms. The van der Waals surface area contributed by atoms with Crippen LogP contribution in [0.1, 0.15) is 6.92 Å². The third-order valence-electron chi connectivity index (χ3n) is 3.66. The first-order valence-corrected chi connectivity index (χ1v) is 9.13. The van der Waals surface area contributed by atoms with Crippen LogP contribution in [0.5, 0.6) is 0 Å². The Morgan fingerprint density at radius 3 is 2.26 bits per heavy atom. The molecular weight excluding hydrogens is 409 g/mol. The normalized spacial score (nSPS) is 14.4. The molecule has 0 aromatic heterocycles. The van der Waals surface area contributed by atoms with Crippen LogP contribution < -0.4 is 11.1 Å². The summed E-state index contributed by atoms with van der Waals surface area (Å²) < 4.78 is 63.2. The van der Waals surface area contributed by atoms with E-state index in [0.717, 1.165) is 18.2 Å². The van der Waals surface area contributed by atoms with Crippen LogP contribution in [0.3, 0.4) is 0 Å². The van der Waals surface area contributed by atoms with Crippen molar-refractivity contribution in [2.24, 2.45) is 0 Å². The average Bonchev–Trinajstić information content (AvgIpc) is 2.55. The van der Waals surface area contributed by atoms with Gasteiger partial charge in [0, 0.05) is 5.69 Å². The van der Waals surface area contributed by atoms with E-state index >= 15 is 0 Å². The molecule has 2 rings (SSSR count). The van der Waals surface area contributed by atoms with E-state index in [9.17, 15) is 31.5 Å². The number of nitrogens with one attached hydrogen (secondary N) is 1. The SMILES string of the molecule is C[C@@](O)(C(=O)Nc1ccc(S(=O)(=O)c2cccc(N)c2)cc1Cl)C(F)(F)F. The number of carbonyl (C=O) groups excluding carboxylic acids is 1.